The zero-order valence-corrected chi connectivity index (χ0v) is 10.1. The summed E-state index contributed by atoms with van der Waals surface area (Å²) in [6, 6.07) is 2.79. The molecule has 0 heterocycles. The summed E-state index contributed by atoms with van der Waals surface area (Å²) in [5, 5.41) is 5.06. The number of sulfonamides is 1. The number of hydrogen-bond donors (Lipinski definition) is 1. The molecule has 1 aromatic carbocycles. The van der Waals surface area contributed by atoms with E-state index in [1.165, 1.54) is 13.2 Å². The lowest BCUT2D eigenvalue weighted by molar-refractivity contribution is 0.0600. The Morgan fingerprint density at radius 2 is 1.88 bits per heavy atom. The molecule has 0 atom stereocenters. The van der Waals surface area contributed by atoms with Crippen molar-refractivity contribution in [3.8, 4) is 0 Å². The third kappa shape index (κ3) is 2.40. The Bertz CT molecular complexity index is 534. The van der Waals surface area contributed by atoms with Crippen LogP contribution in [0.2, 0.25) is 0 Å². The molecule has 0 aliphatic carbocycles. The Morgan fingerprint density at radius 1 is 1.31 bits per heavy atom. The van der Waals surface area contributed by atoms with E-state index in [0.717, 1.165) is 0 Å². The lowest BCUT2D eigenvalue weighted by Gasteiger charge is -2.09. The number of esters is 1. The monoisotopic (exact) mass is 243 g/mol. The molecule has 16 heavy (non-hydrogen) atoms. The van der Waals surface area contributed by atoms with Crippen molar-refractivity contribution in [1.29, 1.82) is 0 Å². The van der Waals surface area contributed by atoms with Gasteiger partial charge in [-0.2, -0.15) is 0 Å². The van der Waals surface area contributed by atoms with Gasteiger partial charge in [0.15, 0.2) is 0 Å². The molecular weight excluding hydrogens is 230 g/mol. The minimum absolute atomic E-state index is 0.0482. The number of hydrogen-bond acceptors (Lipinski definition) is 4. The van der Waals surface area contributed by atoms with E-state index in [1.807, 2.05) is 0 Å². The van der Waals surface area contributed by atoms with E-state index in [-0.39, 0.29) is 10.5 Å². The van der Waals surface area contributed by atoms with Crippen LogP contribution in [0.4, 0.5) is 0 Å². The third-order valence-electron chi connectivity index (χ3n) is 2.35. The van der Waals surface area contributed by atoms with E-state index in [1.54, 1.807) is 19.9 Å². The van der Waals surface area contributed by atoms with Crippen molar-refractivity contribution in [2.45, 2.75) is 18.7 Å². The second-order valence-corrected chi connectivity index (χ2v) is 4.98. The van der Waals surface area contributed by atoms with Crippen LogP contribution in [0.5, 0.6) is 0 Å². The molecule has 88 valence electrons. The van der Waals surface area contributed by atoms with Crippen LogP contribution in [0.15, 0.2) is 17.0 Å². The Balaban J connectivity index is 3.52. The third-order valence-corrected chi connectivity index (χ3v) is 3.38. The fourth-order valence-electron chi connectivity index (χ4n) is 1.36. The maximum Gasteiger partial charge on any atom is 0.337 e. The van der Waals surface area contributed by atoms with Crippen molar-refractivity contribution in [2.24, 2.45) is 5.14 Å². The standard InChI is InChI=1S/C10H13NO4S/c1-6-4-8(10(12)15-3)5-9(7(6)2)16(11,13)14/h4-5H,1-3H3,(H2,11,13,14). The number of carbonyl (C=O) groups excluding carboxylic acids is 1. The van der Waals surface area contributed by atoms with Crippen LogP contribution in [-0.2, 0) is 14.8 Å². The molecule has 6 heteroatoms. The number of nitrogens with two attached hydrogens (primary N) is 1. The molecule has 2 N–H and O–H groups in total. The highest BCUT2D eigenvalue weighted by Gasteiger charge is 2.17. The number of methoxy groups -OCH3 is 1. The molecule has 0 saturated heterocycles. The van der Waals surface area contributed by atoms with Gasteiger partial charge in [-0.05, 0) is 37.1 Å². The molecule has 0 fully saturated rings. The Labute approximate surface area is 94.3 Å². The van der Waals surface area contributed by atoms with Gasteiger partial charge in [-0.25, -0.2) is 18.4 Å². The van der Waals surface area contributed by atoms with E-state index < -0.39 is 16.0 Å². The highest BCUT2D eigenvalue weighted by Crippen LogP contribution is 2.20. The van der Waals surface area contributed by atoms with Crippen molar-refractivity contribution in [1.82, 2.24) is 0 Å². The van der Waals surface area contributed by atoms with Gasteiger partial charge in [0.2, 0.25) is 10.0 Å². The fraction of sp³-hybridized carbons (Fsp3) is 0.300. The second kappa shape index (κ2) is 4.23. The largest absolute Gasteiger partial charge is 0.465 e. The van der Waals surface area contributed by atoms with Crippen LogP contribution in [0.25, 0.3) is 0 Å². The van der Waals surface area contributed by atoms with Gasteiger partial charge in [-0.15, -0.1) is 0 Å². The molecule has 0 bridgehead atoms. The second-order valence-electron chi connectivity index (χ2n) is 3.45. The summed E-state index contributed by atoms with van der Waals surface area (Å²) in [6.07, 6.45) is 0. The quantitative estimate of drug-likeness (QED) is 0.776. The number of benzene rings is 1. The molecule has 0 amide bonds. The van der Waals surface area contributed by atoms with Gasteiger partial charge in [0.1, 0.15) is 0 Å². The summed E-state index contributed by atoms with van der Waals surface area (Å²) in [7, 11) is -2.60. The predicted molar refractivity (Wildman–Crippen MR) is 58.6 cm³/mol. The lowest BCUT2D eigenvalue weighted by atomic mass is 10.1. The molecule has 0 saturated carbocycles. The molecule has 0 radical (unpaired) electrons. The van der Waals surface area contributed by atoms with Crippen LogP contribution < -0.4 is 5.14 Å². The van der Waals surface area contributed by atoms with E-state index in [4.69, 9.17) is 5.14 Å². The number of primary sulfonamides is 1. The topological polar surface area (TPSA) is 86.5 Å². The fourth-order valence-corrected chi connectivity index (χ4v) is 2.24. The van der Waals surface area contributed by atoms with Crippen LogP contribution in [0, 0.1) is 13.8 Å². The Morgan fingerprint density at radius 3 is 2.31 bits per heavy atom. The summed E-state index contributed by atoms with van der Waals surface area (Å²) in [4.78, 5) is 11.3. The number of carbonyl (C=O) groups is 1. The van der Waals surface area contributed by atoms with Crippen molar-refractivity contribution in [2.75, 3.05) is 7.11 Å². The SMILES string of the molecule is COC(=O)c1cc(C)c(C)c(S(N)(=O)=O)c1. The zero-order chi connectivity index (χ0) is 12.5. The van der Waals surface area contributed by atoms with Gasteiger partial charge in [0, 0.05) is 0 Å². The van der Waals surface area contributed by atoms with Crippen LogP contribution in [0.3, 0.4) is 0 Å². The van der Waals surface area contributed by atoms with Gasteiger partial charge < -0.3 is 4.74 Å². The highest BCUT2D eigenvalue weighted by atomic mass is 32.2. The van der Waals surface area contributed by atoms with E-state index in [0.29, 0.717) is 11.1 Å². The molecular formula is C10H13NO4S. The van der Waals surface area contributed by atoms with Gasteiger partial charge in [-0.3, -0.25) is 0 Å². The zero-order valence-electron chi connectivity index (χ0n) is 9.27. The maximum atomic E-state index is 11.3. The first kappa shape index (κ1) is 12.7. The number of aryl methyl sites for hydroxylation is 1. The number of ether oxygens (including phenoxy) is 1. The summed E-state index contributed by atoms with van der Waals surface area (Å²) in [5.74, 6) is -0.590. The smallest absolute Gasteiger partial charge is 0.337 e. The number of rotatable bonds is 2. The van der Waals surface area contributed by atoms with Gasteiger partial charge in [-0.1, -0.05) is 0 Å². The molecule has 5 nitrogen and oxygen atoms in total. The maximum absolute atomic E-state index is 11.3. The summed E-state index contributed by atoms with van der Waals surface area (Å²) >= 11 is 0. The molecule has 0 spiro atoms. The minimum Gasteiger partial charge on any atom is -0.465 e. The van der Waals surface area contributed by atoms with Crippen LogP contribution in [-0.4, -0.2) is 21.5 Å². The van der Waals surface area contributed by atoms with Crippen LogP contribution >= 0.6 is 0 Å². The molecule has 1 rings (SSSR count). The van der Waals surface area contributed by atoms with Gasteiger partial charge >= 0.3 is 5.97 Å². The molecule has 0 aliphatic rings. The lowest BCUT2D eigenvalue weighted by Crippen LogP contribution is -2.15. The highest BCUT2D eigenvalue weighted by molar-refractivity contribution is 7.89. The Hall–Kier alpha value is -1.40. The normalized spacial score (nSPS) is 11.2. The van der Waals surface area contributed by atoms with Crippen molar-refractivity contribution < 1.29 is 17.9 Å². The molecule has 0 aliphatic heterocycles. The van der Waals surface area contributed by atoms with Crippen molar-refractivity contribution >= 4 is 16.0 Å². The van der Waals surface area contributed by atoms with Gasteiger partial charge in [0.25, 0.3) is 0 Å². The van der Waals surface area contributed by atoms with Crippen molar-refractivity contribution in [3.63, 3.8) is 0 Å². The molecule has 1 aromatic rings. The van der Waals surface area contributed by atoms with Crippen LogP contribution in [0.1, 0.15) is 21.5 Å². The summed E-state index contributed by atoms with van der Waals surface area (Å²) in [5.41, 5.74) is 1.39. The Kier molecular flexibility index (Phi) is 3.35. The van der Waals surface area contributed by atoms with E-state index in [9.17, 15) is 13.2 Å². The minimum atomic E-state index is -3.83. The molecule has 0 unspecified atom stereocenters. The first-order chi connectivity index (χ1) is 7.27. The predicted octanol–water partition coefficient (Wildman–Crippen LogP) is 0.737. The summed E-state index contributed by atoms with van der Waals surface area (Å²) in [6.45, 7) is 3.34. The summed E-state index contributed by atoms with van der Waals surface area (Å²) < 4.78 is 27.1. The van der Waals surface area contributed by atoms with Crippen molar-refractivity contribution in [3.05, 3.63) is 28.8 Å². The average molecular weight is 243 g/mol. The van der Waals surface area contributed by atoms with Gasteiger partial charge in [0.05, 0.1) is 17.6 Å². The van der Waals surface area contributed by atoms with E-state index >= 15 is 0 Å². The average Bonchev–Trinajstić information content (AvgIpc) is 2.18. The molecule has 0 aromatic heterocycles. The van der Waals surface area contributed by atoms with E-state index in [2.05, 4.69) is 4.74 Å². The first-order valence-corrected chi connectivity index (χ1v) is 6.04. The first-order valence-electron chi connectivity index (χ1n) is 4.49.